The Balaban J connectivity index is 1.51. The van der Waals surface area contributed by atoms with E-state index in [2.05, 4.69) is 133 Å². The van der Waals surface area contributed by atoms with Crippen LogP contribution >= 0.6 is 0 Å². The van der Waals surface area contributed by atoms with E-state index < -0.39 is 0 Å². The van der Waals surface area contributed by atoms with Crippen LogP contribution < -0.4 is 0 Å². The molecular formula is C36H22O. The van der Waals surface area contributed by atoms with Crippen molar-refractivity contribution in [3.63, 3.8) is 0 Å². The van der Waals surface area contributed by atoms with Crippen molar-refractivity contribution in [2.75, 3.05) is 0 Å². The van der Waals surface area contributed by atoms with Gasteiger partial charge in [-0.1, -0.05) is 115 Å². The molecule has 0 N–H and O–H groups in total. The highest BCUT2D eigenvalue weighted by atomic mass is 16.3. The smallest absolute Gasteiger partial charge is 0.136 e. The first-order valence-electron chi connectivity index (χ1n) is 12.7. The van der Waals surface area contributed by atoms with E-state index in [4.69, 9.17) is 4.42 Å². The quantitative estimate of drug-likeness (QED) is 0.229. The molecule has 0 amide bonds. The monoisotopic (exact) mass is 470 g/mol. The molecule has 0 fully saturated rings. The molecule has 1 heteroatoms. The molecule has 0 aliphatic rings. The van der Waals surface area contributed by atoms with Crippen LogP contribution in [0.15, 0.2) is 138 Å². The van der Waals surface area contributed by atoms with Crippen LogP contribution in [0.2, 0.25) is 0 Å². The third kappa shape index (κ3) is 2.98. The third-order valence-electron chi connectivity index (χ3n) is 7.64. The van der Waals surface area contributed by atoms with Crippen LogP contribution in [-0.4, -0.2) is 0 Å². The van der Waals surface area contributed by atoms with Crippen molar-refractivity contribution in [2.45, 2.75) is 0 Å². The van der Waals surface area contributed by atoms with Crippen molar-refractivity contribution in [3.8, 4) is 22.3 Å². The summed E-state index contributed by atoms with van der Waals surface area (Å²) >= 11 is 0. The first-order valence-corrected chi connectivity index (χ1v) is 12.7. The predicted molar refractivity (Wildman–Crippen MR) is 157 cm³/mol. The molecular weight excluding hydrogens is 448 g/mol. The van der Waals surface area contributed by atoms with E-state index in [0.29, 0.717) is 0 Å². The highest BCUT2D eigenvalue weighted by Gasteiger charge is 2.18. The Kier molecular flexibility index (Phi) is 4.29. The molecule has 8 rings (SSSR count). The van der Waals surface area contributed by atoms with Gasteiger partial charge >= 0.3 is 0 Å². The summed E-state index contributed by atoms with van der Waals surface area (Å²) in [5.41, 5.74) is 6.85. The van der Waals surface area contributed by atoms with Gasteiger partial charge in [0.15, 0.2) is 0 Å². The van der Waals surface area contributed by atoms with E-state index in [1.165, 1.54) is 60.0 Å². The van der Waals surface area contributed by atoms with Crippen molar-refractivity contribution >= 4 is 54.3 Å². The van der Waals surface area contributed by atoms with Crippen LogP contribution in [0.5, 0.6) is 0 Å². The number of hydrogen-bond acceptors (Lipinski definition) is 1. The van der Waals surface area contributed by atoms with Gasteiger partial charge in [-0.25, -0.2) is 0 Å². The minimum atomic E-state index is 0.921. The van der Waals surface area contributed by atoms with Gasteiger partial charge in [-0.05, 0) is 72.8 Å². The lowest BCUT2D eigenvalue weighted by molar-refractivity contribution is 0.669. The molecule has 172 valence electrons. The second kappa shape index (κ2) is 7.81. The topological polar surface area (TPSA) is 13.1 Å². The second-order valence-corrected chi connectivity index (χ2v) is 9.68. The maximum absolute atomic E-state index is 6.30. The lowest BCUT2D eigenvalue weighted by atomic mass is 9.86. The van der Waals surface area contributed by atoms with Gasteiger partial charge in [-0.2, -0.15) is 0 Å². The maximum Gasteiger partial charge on any atom is 0.136 e. The Bertz CT molecular complexity index is 2070. The largest absolute Gasteiger partial charge is 0.456 e. The van der Waals surface area contributed by atoms with Crippen LogP contribution in [0.1, 0.15) is 0 Å². The molecule has 0 aliphatic heterocycles. The van der Waals surface area contributed by atoms with Gasteiger partial charge in [-0.3, -0.25) is 0 Å². The molecule has 1 nitrogen and oxygen atoms in total. The van der Waals surface area contributed by atoms with E-state index >= 15 is 0 Å². The Morgan fingerprint density at radius 3 is 1.57 bits per heavy atom. The van der Waals surface area contributed by atoms with Gasteiger partial charge in [0.25, 0.3) is 0 Å². The summed E-state index contributed by atoms with van der Waals surface area (Å²) in [5.74, 6) is 0. The van der Waals surface area contributed by atoms with Crippen molar-refractivity contribution in [2.24, 2.45) is 0 Å². The normalized spacial score (nSPS) is 11.8. The average molecular weight is 471 g/mol. The van der Waals surface area contributed by atoms with E-state index in [0.717, 1.165) is 16.6 Å². The standard InChI is InChI=1S/C36H22O/c1-2-11-24(12-3-1)34-27-14-6-8-16-29(27)35(30-17-9-7-15-28(30)34)25-19-20-32-31(22-25)36-26-13-5-4-10-23(26)18-21-33(36)37-32/h1-22H. The Hall–Kier alpha value is -4.88. The third-order valence-corrected chi connectivity index (χ3v) is 7.64. The molecule has 0 unspecified atom stereocenters. The first kappa shape index (κ1) is 20.3. The summed E-state index contributed by atoms with van der Waals surface area (Å²) < 4.78 is 6.30. The van der Waals surface area contributed by atoms with Gasteiger partial charge in [0.05, 0.1) is 0 Å². The molecule has 0 saturated carbocycles. The van der Waals surface area contributed by atoms with Crippen LogP contribution in [-0.2, 0) is 0 Å². The van der Waals surface area contributed by atoms with Crippen molar-refractivity contribution in [1.82, 2.24) is 0 Å². The number of fused-ring (bicyclic) bond motifs is 7. The van der Waals surface area contributed by atoms with Crippen LogP contribution in [0.3, 0.4) is 0 Å². The first-order chi connectivity index (χ1) is 18.4. The maximum atomic E-state index is 6.30. The van der Waals surface area contributed by atoms with Gasteiger partial charge in [0, 0.05) is 10.8 Å². The van der Waals surface area contributed by atoms with E-state index in [-0.39, 0.29) is 0 Å². The highest BCUT2D eigenvalue weighted by molar-refractivity contribution is 6.23. The Morgan fingerprint density at radius 1 is 0.351 bits per heavy atom. The van der Waals surface area contributed by atoms with E-state index in [1.807, 2.05) is 0 Å². The van der Waals surface area contributed by atoms with Crippen molar-refractivity contribution in [3.05, 3.63) is 133 Å². The fraction of sp³-hybridized carbons (Fsp3) is 0. The second-order valence-electron chi connectivity index (χ2n) is 9.68. The minimum Gasteiger partial charge on any atom is -0.456 e. The summed E-state index contributed by atoms with van der Waals surface area (Å²) in [4.78, 5) is 0. The molecule has 0 aliphatic carbocycles. The van der Waals surface area contributed by atoms with Gasteiger partial charge in [0.1, 0.15) is 11.2 Å². The number of rotatable bonds is 2. The fourth-order valence-electron chi connectivity index (χ4n) is 6.06. The van der Waals surface area contributed by atoms with Gasteiger partial charge in [0.2, 0.25) is 0 Å². The summed E-state index contributed by atoms with van der Waals surface area (Å²) in [5, 5.41) is 9.86. The molecule has 1 heterocycles. The molecule has 0 saturated heterocycles. The Morgan fingerprint density at radius 2 is 0.892 bits per heavy atom. The predicted octanol–water partition coefficient (Wildman–Crippen LogP) is 10.4. The summed E-state index contributed by atoms with van der Waals surface area (Å²) in [7, 11) is 0. The number of benzene rings is 7. The van der Waals surface area contributed by atoms with E-state index in [1.54, 1.807) is 0 Å². The molecule has 37 heavy (non-hydrogen) atoms. The van der Waals surface area contributed by atoms with Crippen molar-refractivity contribution in [1.29, 1.82) is 0 Å². The molecule has 0 radical (unpaired) electrons. The van der Waals surface area contributed by atoms with Crippen LogP contribution in [0.25, 0.3) is 76.5 Å². The number of furan rings is 1. The molecule has 0 bridgehead atoms. The lowest BCUT2D eigenvalue weighted by Gasteiger charge is -2.17. The Labute approximate surface area is 214 Å². The lowest BCUT2D eigenvalue weighted by Crippen LogP contribution is -1.90. The molecule has 0 spiro atoms. The zero-order valence-electron chi connectivity index (χ0n) is 20.1. The van der Waals surface area contributed by atoms with Gasteiger partial charge in [-0.15, -0.1) is 0 Å². The van der Waals surface area contributed by atoms with Gasteiger partial charge < -0.3 is 4.42 Å². The summed E-state index contributed by atoms with van der Waals surface area (Å²) in [6.45, 7) is 0. The average Bonchev–Trinajstić information content (AvgIpc) is 3.35. The zero-order chi connectivity index (χ0) is 24.3. The summed E-state index contributed by atoms with van der Waals surface area (Å²) in [6.07, 6.45) is 0. The minimum absolute atomic E-state index is 0.921. The fourth-order valence-corrected chi connectivity index (χ4v) is 6.06. The van der Waals surface area contributed by atoms with Crippen LogP contribution in [0.4, 0.5) is 0 Å². The molecule has 8 aromatic rings. The SMILES string of the molecule is c1ccc(-c2c3ccccc3c(-c3ccc4oc5ccc6ccccc6c5c4c3)c3ccccc23)cc1. The summed E-state index contributed by atoms with van der Waals surface area (Å²) in [6, 6.07) is 47.8. The molecule has 7 aromatic carbocycles. The zero-order valence-corrected chi connectivity index (χ0v) is 20.1. The van der Waals surface area contributed by atoms with E-state index in [9.17, 15) is 0 Å². The number of hydrogen-bond donors (Lipinski definition) is 0. The molecule has 1 aromatic heterocycles. The van der Waals surface area contributed by atoms with Crippen LogP contribution in [0, 0.1) is 0 Å². The van der Waals surface area contributed by atoms with Crippen molar-refractivity contribution < 1.29 is 4.42 Å². The highest BCUT2D eigenvalue weighted by Crippen LogP contribution is 2.45. The molecule has 0 atom stereocenters.